The lowest BCUT2D eigenvalue weighted by Crippen LogP contribution is -2.05. The van der Waals surface area contributed by atoms with Gasteiger partial charge in [-0.3, -0.25) is 0 Å². The molecule has 0 heterocycles. The number of carboxylic acids is 1. The van der Waals surface area contributed by atoms with Crippen molar-refractivity contribution in [3.05, 3.63) is 82.2 Å². The zero-order valence-electron chi connectivity index (χ0n) is 11.3. The second-order valence-electron chi connectivity index (χ2n) is 4.96. The molecule has 3 heteroatoms. The Kier molecular flexibility index (Phi) is 3.29. The molecule has 0 unspecified atom stereocenters. The first-order chi connectivity index (χ1) is 10.2. The van der Waals surface area contributed by atoms with E-state index in [0.29, 0.717) is 5.69 Å². The van der Waals surface area contributed by atoms with Gasteiger partial charge in [-0.25, -0.2) is 9.64 Å². The Bertz CT molecular complexity index is 797. The second kappa shape index (κ2) is 5.26. The fourth-order valence-corrected chi connectivity index (χ4v) is 2.71. The van der Waals surface area contributed by atoms with Crippen molar-refractivity contribution in [1.82, 2.24) is 0 Å². The quantitative estimate of drug-likeness (QED) is 0.829. The number of aromatic carboxylic acids is 1. The van der Waals surface area contributed by atoms with Crippen LogP contribution in [0.25, 0.3) is 10.4 Å². The first kappa shape index (κ1) is 13.1. The van der Waals surface area contributed by atoms with Crippen molar-refractivity contribution >= 4 is 17.2 Å². The van der Waals surface area contributed by atoms with Gasteiger partial charge < -0.3 is 5.11 Å². The number of hydrogen-bond acceptors (Lipinski definition) is 1. The highest BCUT2D eigenvalue weighted by atomic mass is 16.4. The van der Waals surface area contributed by atoms with Gasteiger partial charge in [0.05, 0.1) is 12.1 Å². The molecule has 0 fully saturated rings. The molecule has 1 aliphatic carbocycles. The Morgan fingerprint density at radius 1 is 1.14 bits per heavy atom. The van der Waals surface area contributed by atoms with Crippen molar-refractivity contribution in [2.75, 3.05) is 0 Å². The van der Waals surface area contributed by atoms with E-state index in [1.807, 2.05) is 24.3 Å². The summed E-state index contributed by atoms with van der Waals surface area (Å²) < 4.78 is 0. The normalized spacial score (nSPS) is 13.0. The van der Waals surface area contributed by atoms with Crippen LogP contribution in [-0.2, 0) is 6.42 Å². The molecule has 3 nitrogen and oxygen atoms in total. The summed E-state index contributed by atoms with van der Waals surface area (Å²) in [6.45, 7) is 7.30. The van der Waals surface area contributed by atoms with Crippen LogP contribution in [0, 0.1) is 6.57 Å². The first-order valence-electron chi connectivity index (χ1n) is 6.74. The van der Waals surface area contributed by atoms with E-state index in [1.54, 1.807) is 18.2 Å². The van der Waals surface area contributed by atoms with Gasteiger partial charge in [-0.1, -0.05) is 36.4 Å². The summed E-state index contributed by atoms with van der Waals surface area (Å²) in [6.07, 6.45) is 3.90. The van der Waals surface area contributed by atoms with Gasteiger partial charge in [0, 0.05) is 0 Å². The molecule has 0 saturated heterocycles. The van der Waals surface area contributed by atoms with Crippen molar-refractivity contribution in [3.8, 4) is 0 Å². The smallest absolute Gasteiger partial charge is 0.335 e. The maximum Gasteiger partial charge on any atom is 0.335 e. The fourth-order valence-electron chi connectivity index (χ4n) is 2.71. The number of allylic oxidation sites excluding steroid dienone is 1. The van der Waals surface area contributed by atoms with Crippen molar-refractivity contribution in [2.45, 2.75) is 12.8 Å². The van der Waals surface area contributed by atoms with Gasteiger partial charge in [-0.15, -0.1) is 0 Å². The Balaban J connectivity index is 2.19. The highest BCUT2D eigenvalue weighted by molar-refractivity contribution is 5.93. The topological polar surface area (TPSA) is 41.7 Å². The van der Waals surface area contributed by atoms with Crippen molar-refractivity contribution < 1.29 is 9.90 Å². The highest BCUT2D eigenvalue weighted by Crippen LogP contribution is 2.36. The maximum absolute atomic E-state index is 11.2. The van der Waals surface area contributed by atoms with E-state index in [2.05, 4.69) is 10.9 Å². The molecule has 2 aromatic rings. The predicted molar refractivity (Wildman–Crippen MR) is 81.5 cm³/mol. The summed E-state index contributed by atoms with van der Waals surface area (Å²) in [5.41, 5.74) is 4.77. The van der Waals surface area contributed by atoms with Crippen LogP contribution in [0.2, 0.25) is 0 Å². The average Bonchev–Trinajstić information content (AvgIpc) is 2.53. The minimum Gasteiger partial charge on any atom is -0.478 e. The number of carboxylic acid groups (broad SMARTS) is 1. The number of benzene rings is 2. The van der Waals surface area contributed by atoms with E-state index in [9.17, 15) is 9.90 Å². The lowest BCUT2D eigenvalue weighted by atomic mass is 9.85. The Morgan fingerprint density at radius 3 is 2.71 bits per heavy atom. The van der Waals surface area contributed by atoms with E-state index < -0.39 is 5.97 Å². The third-order valence-corrected chi connectivity index (χ3v) is 3.72. The molecule has 0 aromatic heterocycles. The summed E-state index contributed by atoms with van der Waals surface area (Å²) in [4.78, 5) is 14.8. The van der Waals surface area contributed by atoms with Crippen LogP contribution < -0.4 is 0 Å². The first-order valence-corrected chi connectivity index (χ1v) is 6.74. The van der Waals surface area contributed by atoms with Crippen LogP contribution in [0.3, 0.4) is 0 Å². The number of aryl methyl sites for hydroxylation is 1. The second-order valence-corrected chi connectivity index (χ2v) is 4.96. The zero-order chi connectivity index (χ0) is 14.8. The van der Waals surface area contributed by atoms with E-state index >= 15 is 0 Å². The number of rotatable bonds is 2. The molecule has 0 saturated carbocycles. The van der Waals surface area contributed by atoms with Gasteiger partial charge in [0.1, 0.15) is 0 Å². The third kappa shape index (κ3) is 2.32. The molecule has 102 valence electrons. The largest absolute Gasteiger partial charge is 0.478 e. The van der Waals surface area contributed by atoms with Crippen molar-refractivity contribution in [2.24, 2.45) is 0 Å². The number of fused-ring (bicyclic) bond motifs is 1. The molecule has 0 spiro atoms. The van der Waals surface area contributed by atoms with Crippen LogP contribution >= 0.6 is 0 Å². The van der Waals surface area contributed by atoms with Gasteiger partial charge in [0.15, 0.2) is 5.69 Å². The average molecular weight is 275 g/mol. The molecule has 0 bridgehead atoms. The molecule has 0 radical (unpaired) electrons. The molecule has 0 atom stereocenters. The van der Waals surface area contributed by atoms with Gasteiger partial charge in [-0.05, 0) is 47.2 Å². The third-order valence-electron chi connectivity index (χ3n) is 3.72. The number of nitrogens with zero attached hydrogens (tertiary/aromatic N) is 1. The Labute approximate surface area is 123 Å². The van der Waals surface area contributed by atoms with Crippen LogP contribution in [0.5, 0.6) is 0 Å². The maximum atomic E-state index is 11.2. The number of para-hydroxylation sites is 1. The molecular formula is C18H13NO2. The van der Waals surface area contributed by atoms with Crippen molar-refractivity contribution in [1.29, 1.82) is 0 Å². The minimum absolute atomic E-state index is 0.279. The van der Waals surface area contributed by atoms with E-state index in [4.69, 9.17) is 6.57 Å². The zero-order valence-corrected chi connectivity index (χ0v) is 11.3. The van der Waals surface area contributed by atoms with E-state index in [-0.39, 0.29) is 5.56 Å². The van der Waals surface area contributed by atoms with Crippen LogP contribution in [0.15, 0.2) is 48.5 Å². The van der Waals surface area contributed by atoms with Gasteiger partial charge >= 0.3 is 5.97 Å². The molecule has 1 aliphatic rings. The summed E-state index contributed by atoms with van der Waals surface area (Å²) in [5.74, 6) is -0.929. The molecule has 21 heavy (non-hydrogen) atoms. The number of carbonyl (C=O) groups is 1. The summed E-state index contributed by atoms with van der Waals surface area (Å²) in [7, 11) is 0. The lowest BCUT2D eigenvalue weighted by Gasteiger charge is -2.19. The molecule has 0 aliphatic heterocycles. The van der Waals surface area contributed by atoms with Crippen LogP contribution in [0.1, 0.15) is 33.5 Å². The SMILES string of the molecule is [C-]#[N+]c1ccccc1C1=CCCc2ccc(C(=O)O)cc21. The summed E-state index contributed by atoms with van der Waals surface area (Å²) in [5, 5.41) is 9.18. The standard InChI is InChI=1S/C18H13NO2/c1-19-17-8-3-2-6-15(17)14-7-4-5-12-9-10-13(18(20)21)11-16(12)14/h2-3,6-11H,4-5H2,(H,20,21). The monoisotopic (exact) mass is 275 g/mol. The molecular weight excluding hydrogens is 262 g/mol. The van der Waals surface area contributed by atoms with E-state index in [1.165, 1.54) is 0 Å². The molecule has 1 N–H and O–H groups in total. The summed E-state index contributed by atoms with van der Waals surface area (Å²) >= 11 is 0. The summed E-state index contributed by atoms with van der Waals surface area (Å²) in [6, 6.07) is 12.7. The van der Waals surface area contributed by atoms with Gasteiger partial charge in [-0.2, -0.15) is 0 Å². The Hall–Kier alpha value is -2.86. The van der Waals surface area contributed by atoms with E-state index in [0.717, 1.165) is 35.1 Å². The molecule has 0 amide bonds. The van der Waals surface area contributed by atoms with Gasteiger partial charge in [0.2, 0.25) is 0 Å². The Morgan fingerprint density at radius 2 is 1.95 bits per heavy atom. The predicted octanol–water partition coefficient (Wildman–Crippen LogP) is 4.31. The number of hydrogen-bond donors (Lipinski definition) is 1. The van der Waals surface area contributed by atoms with Crippen LogP contribution in [0.4, 0.5) is 5.69 Å². The van der Waals surface area contributed by atoms with Crippen LogP contribution in [-0.4, -0.2) is 11.1 Å². The minimum atomic E-state index is -0.929. The fraction of sp³-hybridized carbons (Fsp3) is 0.111. The molecule has 2 aromatic carbocycles. The van der Waals surface area contributed by atoms with Gasteiger partial charge in [0.25, 0.3) is 0 Å². The lowest BCUT2D eigenvalue weighted by molar-refractivity contribution is 0.0697. The van der Waals surface area contributed by atoms with Crippen molar-refractivity contribution in [3.63, 3.8) is 0 Å². The molecule has 3 rings (SSSR count). The highest BCUT2D eigenvalue weighted by Gasteiger charge is 2.18.